The summed E-state index contributed by atoms with van der Waals surface area (Å²) in [7, 11) is 1.15. The quantitative estimate of drug-likeness (QED) is 0.505. The molecule has 0 aromatic carbocycles. The van der Waals surface area contributed by atoms with Crippen molar-refractivity contribution in [1.82, 2.24) is 0 Å². The molecule has 0 atom stereocenters. The predicted molar refractivity (Wildman–Crippen MR) is 20.0 cm³/mol. The van der Waals surface area contributed by atoms with E-state index in [2.05, 4.69) is 3.82 Å². The van der Waals surface area contributed by atoms with E-state index >= 15 is 0 Å². The van der Waals surface area contributed by atoms with E-state index in [1.165, 1.54) is 0 Å². The van der Waals surface area contributed by atoms with Crippen LogP contribution in [-0.4, -0.2) is 20.1 Å². The molecule has 4 heteroatoms. The molecule has 38 valence electrons. The molecule has 0 aromatic rings. The van der Waals surface area contributed by atoms with Gasteiger partial charge in [-0.2, -0.15) is 0 Å². The molecule has 0 aliphatic carbocycles. The molecule has 0 radical (unpaired) electrons. The van der Waals surface area contributed by atoms with E-state index in [1.807, 2.05) is 0 Å². The maximum absolute atomic E-state index is 9.85. The Hall–Kier alpha value is 0.0795. The average Bonchev–Trinajstić information content (AvgIpc) is 1.35. The monoisotopic (exact) mass is 158 g/mol. The third-order valence-electron chi connectivity index (χ3n) is 0.303. The molecule has 0 saturated heterocycles. The van der Waals surface area contributed by atoms with Crippen molar-refractivity contribution in [3.8, 4) is 0 Å². The van der Waals surface area contributed by atoms with Gasteiger partial charge in [-0.1, -0.05) is 0 Å². The molecule has 0 amide bonds. The Morgan fingerprint density at radius 1 is 1.50 bits per heavy atom. The van der Waals surface area contributed by atoms with Crippen LogP contribution in [0.2, 0.25) is 5.82 Å². The van der Waals surface area contributed by atoms with Crippen LogP contribution in [0.5, 0.6) is 0 Å². The molecule has 0 bridgehead atoms. The van der Waals surface area contributed by atoms with Gasteiger partial charge in [-0.3, -0.25) is 0 Å². The molecule has 0 unspecified atom stereocenters. The minimum absolute atomic E-state index is 1.07. The van der Waals surface area contributed by atoms with Crippen LogP contribution in [0.15, 0.2) is 0 Å². The van der Waals surface area contributed by atoms with E-state index in [1.54, 1.807) is 0 Å². The molecule has 0 spiro atoms. The van der Waals surface area contributed by atoms with Crippen LogP contribution < -0.4 is 0 Å². The van der Waals surface area contributed by atoms with E-state index < -0.39 is 13.0 Å². The third kappa shape index (κ3) is 4.08. The van der Waals surface area contributed by atoms with Crippen molar-refractivity contribution < 1.29 is 11.5 Å². The van der Waals surface area contributed by atoms with Crippen molar-refractivity contribution in [1.29, 1.82) is 0 Å². The number of hydrogen-bond acceptors (Lipinski definition) is 3. The van der Waals surface area contributed by atoms with E-state index in [0.29, 0.717) is 0 Å². The molecule has 0 aromatic heterocycles. The fourth-order valence-electron chi connectivity index (χ4n) is 0. The molecule has 0 aliphatic rings. The summed E-state index contributed by atoms with van der Waals surface area (Å²) in [5.74, 6) is 1.07. The molecule has 0 N–H and O–H groups in total. The molecule has 6 heavy (non-hydrogen) atoms. The molecular formula is C2H6O3Se. The molecule has 0 fully saturated rings. The van der Waals surface area contributed by atoms with Gasteiger partial charge in [-0.15, -0.1) is 0 Å². The van der Waals surface area contributed by atoms with Crippen molar-refractivity contribution in [3.05, 3.63) is 0 Å². The Morgan fingerprint density at radius 2 is 1.67 bits per heavy atom. The zero-order valence-corrected chi connectivity index (χ0v) is 5.35. The van der Waals surface area contributed by atoms with Gasteiger partial charge >= 0.3 is 37.5 Å². The summed E-state index contributed by atoms with van der Waals surface area (Å²) in [4.78, 5) is 0. The van der Waals surface area contributed by atoms with E-state index in [9.17, 15) is 7.67 Å². The zero-order valence-electron chi connectivity index (χ0n) is 3.63. The van der Waals surface area contributed by atoms with Crippen LogP contribution in [0.3, 0.4) is 0 Å². The standard InChI is InChI=1S/C2H6O3Se/c1-5-6(2,3)4/h1-2H3. The number of hydrogen-bond donors (Lipinski definition) is 0. The Kier molecular flexibility index (Phi) is 1.71. The van der Waals surface area contributed by atoms with Crippen LogP contribution in [0.4, 0.5) is 0 Å². The van der Waals surface area contributed by atoms with Gasteiger partial charge in [0, 0.05) is 0 Å². The summed E-state index contributed by atoms with van der Waals surface area (Å²) < 4.78 is 23.7. The molecule has 0 heterocycles. The summed E-state index contributed by atoms with van der Waals surface area (Å²) in [5, 5.41) is 0. The van der Waals surface area contributed by atoms with Gasteiger partial charge in [0.15, 0.2) is 0 Å². The fourth-order valence-corrected chi connectivity index (χ4v) is 0. The van der Waals surface area contributed by atoms with Gasteiger partial charge in [0.2, 0.25) is 0 Å². The Labute approximate surface area is 38.3 Å². The second-order valence-corrected chi connectivity index (χ2v) is 4.52. The van der Waals surface area contributed by atoms with Crippen LogP contribution in [0, 0.1) is 0 Å². The Balaban J connectivity index is 3.85. The second kappa shape index (κ2) is 1.69. The van der Waals surface area contributed by atoms with Gasteiger partial charge in [0.05, 0.1) is 0 Å². The van der Waals surface area contributed by atoms with Gasteiger partial charge in [-0.05, 0) is 0 Å². The van der Waals surface area contributed by atoms with Crippen molar-refractivity contribution in [2.24, 2.45) is 0 Å². The maximum atomic E-state index is 9.85. The first-order valence-corrected chi connectivity index (χ1v) is 5.13. The number of rotatable bonds is 1. The molecule has 0 rings (SSSR count). The van der Waals surface area contributed by atoms with Crippen molar-refractivity contribution in [3.63, 3.8) is 0 Å². The normalized spacial score (nSPS) is 11.7. The predicted octanol–water partition coefficient (Wildman–Crippen LogP) is 0.0625. The summed E-state index contributed by atoms with van der Waals surface area (Å²) in [6.07, 6.45) is 0. The topological polar surface area (TPSA) is 43.4 Å². The minimum atomic E-state index is -3.78. The fraction of sp³-hybridized carbons (Fsp3) is 1.00. The summed E-state index contributed by atoms with van der Waals surface area (Å²) in [6.45, 7) is 0. The second-order valence-electron chi connectivity index (χ2n) is 0.871. The van der Waals surface area contributed by atoms with Gasteiger partial charge in [0.1, 0.15) is 0 Å². The molecular weight excluding hydrogens is 151 g/mol. The van der Waals surface area contributed by atoms with E-state index in [0.717, 1.165) is 12.9 Å². The van der Waals surface area contributed by atoms with Crippen LogP contribution >= 0.6 is 0 Å². The Morgan fingerprint density at radius 3 is 1.67 bits per heavy atom. The van der Waals surface area contributed by atoms with Crippen LogP contribution in [0.1, 0.15) is 0 Å². The van der Waals surface area contributed by atoms with Gasteiger partial charge < -0.3 is 0 Å². The third-order valence-corrected chi connectivity index (χ3v) is 1.57. The first-order chi connectivity index (χ1) is 2.56. The summed E-state index contributed by atoms with van der Waals surface area (Å²) in [5.41, 5.74) is 0. The van der Waals surface area contributed by atoms with Gasteiger partial charge in [0.25, 0.3) is 0 Å². The zero-order chi connectivity index (χ0) is 5.21. The summed E-state index contributed by atoms with van der Waals surface area (Å²) in [6, 6.07) is 0. The van der Waals surface area contributed by atoms with Crippen LogP contribution in [0.25, 0.3) is 0 Å². The van der Waals surface area contributed by atoms with Crippen molar-refractivity contribution in [2.75, 3.05) is 7.11 Å². The Bertz CT molecular complexity index is 111. The van der Waals surface area contributed by atoms with Gasteiger partial charge in [-0.25, -0.2) is 0 Å². The van der Waals surface area contributed by atoms with E-state index in [-0.39, 0.29) is 0 Å². The SMILES string of the molecule is CO[Se](C)(=O)=O. The van der Waals surface area contributed by atoms with Crippen LogP contribution in [-0.2, 0) is 11.5 Å². The van der Waals surface area contributed by atoms with E-state index in [4.69, 9.17) is 0 Å². The first-order valence-electron chi connectivity index (χ1n) is 1.32. The molecule has 3 nitrogen and oxygen atoms in total. The molecule has 0 saturated carbocycles. The molecule has 0 aliphatic heterocycles. The first kappa shape index (κ1) is 6.08. The average molecular weight is 157 g/mol. The summed E-state index contributed by atoms with van der Waals surface area (Å²) >= 11 is -3.78. The van der Waals surface area contributed by atoms with Crippen molar-refractivity contribution >= 4 is 13.0 Å². The van der Waals surface area contributed by atoms with Crippen molar-refractivity contribution in [2.45, 2.75) is 5.82 Å².